The van der Waals surface area contributed by atoms with Crippen LogP contribution in [0.5, 0.6) is 0 Å². The van der Waals surface area contributed by atoms with Crippen molar-refractivity contribution in [3.05, 3.63) is 69.1 Å². The summed E-state index contributed by atoms with van der Waals surface area (Å²) in [6.07, 6.45) is 1.66. The maximum atomic E-state index is 12.3. The molecule has 3 rings (SSSR count). The van der Waals surface area contributed by atoms with Gasteiger partial charge in [-0.25, -0.2) is 9.67 Å². The lowest BCUT2D eigenvalue weighted by Crippen LogP contribution is -2.26. The molecule has 3 aromatic rings. The van der Waals surface area contributed by atoms with Crippen molar-refractivity contribution >= 4 is 22.4 Å². The Kier molecular flexibility index (Phi) is 4.03. The Morgan fingerprint density at radius 2 is 1.96 bits per heavy atom. The molecule has 0 atom stereocenters. The lowest BCUT2D eigenvalue weighted by molar-refractivity contribution is 0.101. The molecule has 0 aliphatic carbocycles. The van der Waals surface area contributed by atoms with Crippen LogP contribution in [0.2, 0.25) is 0 Å². The van der Waals surface area contributed by atoms with Crippen molar-refractivity contribution in [2.75, 3.05) is 5.32 Å². The van der Waals surface area contributed by atoms with E-state index in [2.05, 4.69) is 15.4 Å². The number of nitrogens with one attached hydrogen (secondary N) is 1. The third-order valence-corrected chi connectivity index (χ3v) is 3.99. The highest BCUT2D eigenvalue weighted by molar-refractivity contribution is 7.15. The van der Waals surface area contributed by atoms with Gasteiger partial charge in [0.25, 0.3) is 5.91 Å². The van der Waals surface area contributed by atoms with Crippen molar-refractivity contribution in [2.24, 2.45) is 0 Å². The first kappa shape index (κ1) is 15.1. The van der Waals surface area contributed by atoms with Crippen LogP contribution >= 0.6 is 11.3 Å². The Bertz CT molecular complexity index is 915. The monoisotopic (exact) mass is 326 g/mol. The summed E-state index contributed by atoms with van der Waals surface area (Å²) in [5, 5.41) is 7.27. The maximum Gasteiger partial charge on any atom is 0.281 e. The number of para-hydroxylation sites is 1. The average Bonchev–Trinajstić information content (AvgIpc) is 2.93. The van der Waals surface area contributed by atoms with Crippen molar-refractivity contribution in [3.8, 4) is 5.69 Å². The standard InChI is InChI=1S/C16H14N4O2S/c1-10-8-13(21)14(15(22)18-16-17-9-11(2)23-16)19-20(10)12-6-4-3-5-7-12/h3-9H,1-2H3,(H,17,18,22). The van der Waals surface area contributed by atoms with E-state index in [1.807, 2.05) is 37.3 Å². The number of aryl methyl sites for hydroxylation is 2. The van der Waals surface area contributed by atoms with Crippen LogP contribution in [0.3, 0.4) is 0 Å². The molecule has 23 heavy (non-hydrogen) atoms. The molecular formula is C16H14N4O2S. The predicted molar refractivity (Wildman–Crippen MR) is 89.4 cm³/mol. The first-order chi connectivity index (χ1) is 11.0. The van der Waals surface area contributed by atoms with E-state index >= 15 is 0 Å². The smallest absolute Gasteiger partial charge is 0.281 e. The Morgan fingerprint density at radius 1 is 1.22 bits per heavy atom. The molecule has 0 fully saturated rings. The zero-order chi connectivity index (χ0) is 16.4. The zero-order valence-electron chi connectivity index (χ0n) is 12.6. The van der Waals surface area contributed by atoms with Gasteiger partial charge in [-0.3, -0.25) is 14.9 Å². The summed E-state index contributed by atoms with van der Waals surface area (Å²) in [6, 6.07) is 10.7. The van der Waals surface area contributed by atoms with Gasteiger partial charge in [-0.15, -0.1) is 11.3 Å². The minimum Gasteiger partial charge on any atom is -0.296 e. The topological polar surface area (TPSA) is 76.9 Å². The second-order valence-electron chi connectivity index (χ2n) is 4.98. The molecule has 0 spiro atoms. The van der Waals surface area contributed by atoms with Crippen molar-refractivity contribution in [1.29, 1.82) is 0 Å². The molecule has 0 unspecified atom stereocenters. The van der Waals surface area contributed by atoms with E-state index in [9.17, 15) is 9.59 Å². The highest BCUT2D eigenvalue weighted by Gasteiger charge is 2.16. The van der Waals surface area contributed by atoms with E-state index in [4.69, 9.17) is 0 Å². The Hall–Kier alpha value is -2.80. The van der Waals surface area contributed by atoms with Crippen molar-refractivity contribution in [3.63, 3.8) is 0 Å². The van der Waals surface area contributed by atoms with Crippen molar-refractivity contribution in [1.82, 2.24) is 14.8 Å². The van der Waals surface area contributed by atoms with Gasteiger partial charge in [0.1, 0.15) is 0 Å². The van der Waals surface area contributed by atoms with Crippen molar-refractivity contribution in [2.45, 2.75) is 13.8 Å². The Morgan fingerprint density at radius 3 is 2.61 bits per heavy atom. The van der Waals surface area contributed by atoms with E-state index < -0.39 is 11.3 Å². The van der Waals surface area contributed by atoms with Crippen LogP contribution in [0, 0.1) is 13.8 Å². The molecule has 0 radical (unpaired) electrons. The normalized spacial score (nSPS) is 10.5. The number of rotatable bonds is 3. The molecule has 1 N–H and O–H groups in total. The molecule has 6 nitrogen and oxygen atoms in total. The predicted octanol–water partition coefficient (Wildman–Crippen LogP) is 2.56. The first-order valence-corrected chi connectivity index (χ1v) is 7.76. The van der Waals surface area contributed by atoms with Crippen LogP contribution in [0.15, 0.2) is 47.4 Å². The number of anilines is 1. The van der Waals surface area contributed by atoms with E-state index in [0.717, 1.165) is 10.6 Å². The molecular weight excluding hydrogens is 312 g/mol. The van der Waals surface area contributed by atoms with Crippen LogP contribution in [0.4, 0.5) is 5.13 Å². The zero-order valence-corrected chi connectivity index (χ0v) is 13.4. The number of hydrogen-bond donors (Lipinski definition) is 1. The lowest BCUT2D eigenvalue weighted by atomic mass is 10.3. The minimum absolute atomic E-state index is 0.160. The number of carbonyl (C=O) groups is 1. The number of benzene rings is 1. The maximum absolute atomic E-state index is 12.3. The van der Waals surface area contributed by atoms with Crippen LogP contribution in [0.1, 0.15) is 21.1 Å². The molecule has 116 valence electrons. The van der Waals surface area contributed by atoms with Crippen LogP contribution in [-0.4, -0.2) is 20.7 Å². The number of carbonyl (C=O) groups excluding carboxylic acids is 1. The summed E-state index contributed by atoms with van der Waals surface area (Å²) in [5.41, 5.74) is 0.861. The quantitative estimate of drug-likeness (QED) is 0.802. The van der Waals surface area contributed by atoms with E-state index in [0.29, 0.717) is 10.8 Å². The van der Waals surface area contributed by atoms with Gasteiger partial charge in [0.05, 0.1) is 5.69 Å². The minimum atomic E-state index is -0.561. The summed E-state index contributed by atoms with van der Waals surface area (Å²) >= 11 is 1.34. The fourth-order valence-corrected chi connectivity index (χ4v) is 2.76. The van der Waals surface area contributed by atoms with Gasteiger partial charge in [0.15, 0.2) is 10.8 Å². The fourth-order valence-electron chi connectivity index (χ4n) is 2.10. The fraction of sp³-hybridized carbons (Fsp3) is 0.125. The van der Waals surface area contributed by atoms with Gasteiger partial charge in [0, 0.05) is 22.8 Å². The lowest BCUT2D eigenvalue weighted by Gasteiger charge is -2.10. The van der Waals surface area contributed by atoms with E-state index in [-0.39, 0.29) is 5.69 Å². The molecule has 0 bridgehead atoms. The number of aromatic nitrogens is 3. The van der Waals surface area contributed by atoms with Gasteiger partial charge >= 0.3 is 0 Å². The summed E-state index contributed by atoms with van der Waals surface area (Å²) < 4.78 is 1.57. The second-order valence-corrected chi connectivity index (χ2v) is 6.21. The van der Waals surface area contributed by atoms with Gasteiger partial charge < -0.3 is 0 Å². The first-order valence-electron chi connectivity index (χ1n) is 6.95. The summed E-state index contributed by atoms with van der Waals surface area (Å²) in [7, 11) is 0. The average molecular weight is 326 g/mol. The van der Waals surface area contributed by atoms with Crippen LogP contribution in [0.25, 0.3) is 5.69 Å². The van der Waals surface area contributed by atoms with Gasteiger partial charge in [0.2, 0.25) is 5.43 Å². The molecule has 1 aromatic carbocycles. The third kappa shape index (κ3) is 3.19. The van der Waals surface area contributed by atoms with Gasteiger partial charge in [-0.1, -0.05) is 18.2 Å². The molecule has 2 aromatic heterocycles. The van der Waals surface area contributed by atoms with Crippen molar-refractivity contribution < 1.29 is 4.79 Å². The molecule has 2 heterocycles. The molecule has 0 aliphatic rings. The Labute approximate surface area is 136 Å². The number of thiazole rings is 1. The highest BCUT2D eigenvalue weighted by atomic mass is 32.1. The van der Waals surface area contributed by atoms with Crippen LogP contribution in [-0.2, 0) is 0 Å². The largest absolute Gasteiger partial charge is 0.296 e. The molecule has 1 amide bonds. The Balaban J connectivity index is 1.99. The second kappa shape index (κ2) is 6.13. The van der Waals surface area contributed by atoms with E-state index in [1.54, 1.807) is 17.8 Å². The van der Waals surface area contributed by atoms with E-state index in [1.165, 1.54) is 17.4 Å². The summed E-state index contributed by atoms with van der Waals surface area (Å²) in [4.78, 5) is 29.5. The molecule has 0 saturated heterocycles. The number of hydrogen-bond acceptors (Lipinski definition) is 5. The summed E-state index contributed by atoms with van der Waals surface area (Å²) in [6.45, 7) is 3.66. The molecule has 0 aliphatic heterocycles. The van der Waals surface area contributed by atoms with Gasteiger partial charge in [-0.2, -0.15) is 5.10 Å². The number of amides is 1. The highest BCUT2D eigenvalue weighted by Crippen LogP contribution is 2.17. The molecule has 0 saturated carbocycles. The summed E-state index contributed by atoms with van der Waals surface area (Å²) in [5.74, 6) is -0.561. The van der Waals surface area contributed by atoms with Crippen LogP contribution < -0.4 is 10.7 Å². The SMILES string of the molecule is Cc1cnc(NC(=O)c2nn(-c3ccccc3)c(C)cc2=O)s1. The number of nitrogens with zero attached hydrogens (tertiary/aromatic N) is 3. The van der Waals surface area contributed by atoms with Gasteiger partial charge in [-0.05, 0) is 26.0 Å². The third-order valence-electron chi connectivity index (χ3n) is 3.17. The molecule has 7 heteroatoms.